The van der Waals surface area contributed by atoms with E-state index in [0.717, 1.165) is 16.8 Å². The predicted molar refractivity (Wildman–Crippen MR) is 60.2 cm³/mol. The van der Waals surface area contributed by atoms with E-state index in [0.29, 0.717) is 0 Å². The van der Waals surface area contributed by atoms with Crippen molar-refractivity contribution in [1.82, 2.24) is 0 Å². The third-order valence-electron chi connectivity index (χ3n) is 1.46. The van der Waals surface area contributed by atoms with Crippen LogP contribution in [0.25, 0.3) is 0 Å². The first-order valence-corrected chi connectivity index (χ1v) is 4.32. The van der Waals surface area contributed by atoms with E-state index in [1.165, 1.54) is 0 Å². The Morgan fingerprint density at radius 3 is 2.00 bits per heavy atom. The molecule has 0 spiro atoms. The quantitative estimate of drug-likeness (QED) is 0.283. The summed E-state index contributed by atoms with van der Waals surface area (Å²) in [5.41, 5.74) is 13.6. The van der Waals surface area contributed by atoms with Crippen LogP contribution in [0, 0.1) is 24.0 Å². The summed E-state index contributed by atoms with van der Waals surface area (Å²) in [6.45, 7) is 4.03. The van der Waals surface area contributed by atoms with Crippen molar-refractivity contribution in [3.05, 3.63) is 39.4 Å². The fraction of sp³-hybridized carbons (Fsp3) is 0.222. The minimum Gasteiger partial charge on any atom is -0.370 e. The fourth-order valence-corrected chi connectivity index (χ4v) is 1.16. The normalized spacial score (nSPS) is 8.62. The molecule has 0 amide bonds. The van der Waals surface area contributed by atoms with Crippen LogP contribution >= 0.6 is 0 Å². The lowest BCUT2D eigenvalue weighted by Gasteiger charge is -1.99. The Labute approximate surface area is 92.5 Å². The second-order valence-electron chi connectivity index (χ2n) is 3.12. The molecule has 0 saturated carbocycles. The Bertz CT molecular complexity index is 375. The van der Waals surface area contributed by atoms with Crippen molar-refractivity contribution >= 4 is 11.6 Å². The number of aryl methyl sites for hydroxylation is 2. The number of nitrogens with zero attached hydrogens (tertiary/aromatic N) is 2. The maximum atomic E-state index is 8.36. The van der Waals surface area contributed by atoms with Crippen molar-refractivity contribution in [1.29, 1.82) is 0 Å². The van der Waals surface area contributed by atoms with Gasteiger partial charge in [0.05, 0.1) is 5.69 Å². The van der Waals surface area contributed by atoms with Crippen LogP contribution in [-0.2, 0) is 0 Å². The Balaban J connectivity index is 0.000000487. The molecule has 1 rings (SSSR count). The van der Waals surface area contributed by atoms with Crippen molar-refractivity contribution in [2.75, 3.05) is 0 Å². The van der Waals surface area contributed by atoms with Crippen LogP contribution in [0.2, 0.25) is 0 Å². The zero-order chi connectivity index (χ0) is 12.7. The van der Waals surface area contributed by atoms with Gasteiger partial charge in [0.15, 0.2) is 5.96 Å². The SMILES string of the molecule is Cc1cc(C)cc(N=C(N)N)c1.O=[N+]([O-])O. The zero-order valence-corrected chi connectivity index (χ0v) is 9.04. The molecule has 0 fully saturated rings. The number of rotatable bonds is 1. The van der Waals surface area contributed by atoms with E-state index in [1.54, 1.807) is 0 Å². The lowest BCUT2D eigenvalue weighted by atomic mass is 10.1. The minimum atomic E-state index is -1.50. The van der Waals surface area contributed by atoms with Crippen LogP contribution in [0.4, 0.5) is 5.69 Å². The molecule has 16 heavy (non-hydrogen) atoms. The van der Waals surface area contributed by atoms with Gasteiger partial charge in [0.1, 0.15) is 0 Å². The summed E-state index contributed by atoms with van der Waals surface area (Å²) >= 11 is 0. The van der Waals surface area contributed by atoms with Gasteiger partial charge < -0.3 is 16.7 Å². The molecule has 0 unspecified atom stereocenters. The Morgan fingerprint density at radius 2 is 1.69 bits per heavy atom. The number of hydrogen-bond donors (Lipinski definition) is 3. The van der Waals surface area contributed by atoms with Crippen LogP contribution in [-0.4, -0.2) is 16.3 Å². The molecule has 88 valence electrons. The molecule has 0 aliphatic carbocycles. The average Bonchev–Trinajstić information content (AvgIpc) is 1.97. The Kier molecular flexibility index (Phi) is 5.33. The number of nitrogens with two attached hydrogens (primary N) is 2. The molecule has 5 N–H and O–H groups in total. The second-order valence-corrected chi connectivity index (χ2v) is 3.12. The van der Waals surface area contributed by atoms with Crippen LogP contribution < -0.4 is 11.5 Å². The standard InChI is InChI=1S/C9H13N3.HNO3/c1-6-3-7(2)5-8(4-6)12-9(10)11;2-1(3)4/h3-5H,1-2H3,(H4,10,11,12);(H,2,3,4). The smallest absolute Gasteiger partial charge is 0.291 e. The average molecular weight is 226 g/mol. The maximum Gasteiger partial charge on any atom is 0.291 e. The maximum absolute atomic E-state index is 8.36. The molecule has 0 saturated heterocycles. The summed E-state index contributed by atoms with van der Waals surface area (Å²) < 4.78 is 0. The molecule has 0 atom stereocenters. The molecule has 0 aliphatic heterocycles. The van der Waals surface area contributed by atoms with Gasteiger partial charge >= 0.3 is 0 Å². The van der Waals surface area contributed by atoms with E-state index in [1.807, 2.05) is 26.0 Å². The summed E-state index contributed by atoms with van der Waals surface area (Å²) in [6, 6.07) is 5.95. The molecule has 1 aromatic rings. The molecule has 7 heteroatoms. The van der Waals surface area contributed by atoms with Gasteiger partial charge in [-0.2, -0.15) is 0 Å². The van der Waals surface area contributed by atoms with Crippen molar-refractivity contribution in [2.45, 2.75) is 13.8 Å². The van der Waals surface area contributed by atoms with Crippen LogP contribution in [0.1, 0.15) is 11.1 Å². The predicted octanol–water partition coefficient (Wildman–Crippen LogP) is 0.861. The van der Waals surface area contributed by atoms with Crippen LogP contribution in [0.15, 0.2) is 23.2 Å². The van der Waals surface area contributed by atoms with Gasteiger partial charge in [0, 0.05) is 0 Å². The largest absolute Gasteiger partial charge is 0.370 e. The lowest BCUT2D eigenvalue weighted by molar-refractivity contribution is -0.742. The molecule has 0 radical (unpaired) electrons. The third kappa shape index (κ3) is 7.13. The number of benzene rings is 1. The van der Waals surface area contributed by atoms with Gasteiger partial charge in [-0.1, -0.05) is 6.07 Å². The third-order valence-corrected chi connectivity index (χ3v) is 1.46. The molecule has 1 aromatic carbocycles. The van der Waals surface area contributed by atoms with Crippen molar-refractivity contribution < 1.29 is 10.3 Å². The minimum absolute atomic E-state index is 0.0972. The van der Waals surface area contributed by atoms with Gasteiger partial charge in [0.25, 0.3) is 5.09 Å². The van der Waals surface area contributed by atoms with Crippen molar-refractivity contribution in [3.8, 4) is 0 Å². The monoisotopic (exact) mass is 226 g/mol. The number of aliphatic imine (C=N–C) groups is 1. The van der Waals surface area contributed by atoms with Gasteiger partial charge in [-0.15, -0.1) is 10.1 Å². The van der Waals surface area contributed by atoms with Crippen LogP contribution in [0.3, 0.4) is 0 Å². The van der Waals surface area contributed by atoms with Gasteiger partial charge in [-0.05, 0) is 37.1 Å². The van der Waals surface area contributed by atoms with E-state index < -0.39 is 5.09 Å². The molecule has 0 heterocycles. The van der Waals surface area contributed by atoms with Crippen molar-refractivity contribution in [3.63, 3.8) is 0 Å². The molecule has 0 bridgehead atoms. The highest BCUT2D eigenvalue weighted by molar-refractivity contribution is 5.79. The second kappa shape index (κ2) is 6.23. The van der Waals surface area contributed by atoms with E-state index in [2.05, 4.69) is 11.1 Å². The van der Waals surface area contributed by atoms with Crippen molar-refractivity contribution in [2.24, 2.45) is 16.5 Å². The molecule has 7 nitrogen and oxygen atoms in total. The van der Waals surface area contributed by atoms with E-state index in [9.17, 15) is 0 Å². The topological polar surface area (TPSA) is 128 Å². The van der Waals surface area contributed by atoms with Gasteiger partial charge in [0.2, 0.25) is 0 Å². The van der Waals surface area contributed by atoms with E-state index >= 15 is 0 Å². The van der Waals surface area contributed by atoms with Crippen LogP contribution in [0.5, 0.6) is 0 Å². The highest BCUT2D eigenvalue weighted by atomic mass is 16.9. The number of hydrogen-bond acceptors (Lipinski definition) is 3. The summed E-state index contributed by atoms with van der Waals surface area (Å²) in [7, 11) is 0. The van der Waals surface area contributed by atoms with E-state index in [-0.39, 0.29) is 5.96 Å². The fourth-order valence-electron chi connectivity index (χ4n) is 1.16. The highest BCUT2D eigenvalue weighted by Crippen LogP contribution is 2.16. The first-order valence-electron chi connectivity index (χ1n) is 4.32. The summed E-state index contributed by atoms with van der Waals surface area (Å²) in [5.74, 6) is 0.0972. The molecular formula is C9H14N4O3. The lowest BCUT2D eigenvalue weighted by Crippen LogP contribution is -2.21. The van der Waals surface area contributed by atoms with Gasteiger partial charge in [-0.3, -0.25) is 0 Å². The number of guanidine groups is 1. The molecule has 0 aliphatic rings. The first kappa shape index (κ1) is 13.7. The molecular weight excluding hydrogens is 212 g/mol. The van der Waals surface area contributed by atoms with E-state index in [4.69, 9.17) is 26.8 Å². The summed E-state index contributed by atoms with van der Waals surface area (Å²) in [4.78, 5) is 12.3. The Hall–Kier alpha value is -2.31. The Morgan fingerprint density at radius 1 is 1.31 bits per heavy atom. The zero-order valence-electron chi connectivity index (χ0n) is 9.04. The summed E-state index contributed by atoms with van der Waals surface area (Å²) in [6.07, 6.45) is 0. The first-order chi connectivity index (χ1) is 7.31. The highest BCUT2D eigenvalue weighted by Gasteiger charge is 1.93. The van der Waals surface area contributed by atoms with Gasteiger partial charge in [-0.25, -0.2) is 4.99 Å². The molecule has 0 aromatic heterocycles. The summed E-state index contributed by atoms with van der Waals surface area (Å²) in [5, 5.41) is 13.6.